The summed E-state index contributed by atoms with van der Waals surface area (Å²) in [6.45, 7) is 0. The van der Waals surface area contributed by atoms with E-state index < -0.39 is 0 Å². The Morgan fingerprint density at radius 3 is 2.75 bits per heavy atom. The molecule has 0 bridgehead atoms. The number of fused-ring (bicyclic) bond motifs is 1. The number of rotatable bonds is 3. The van der Waals surface area contributed by atoms with Gasteiger partial charge < -0.3 is 11.1 Å². The van der Waals surface area contributed by atoms with Gasteiger partial charge in [0.15, 0.2) is 0 Å². The van der Waals surface area contributed by atoms with Gasteiger partial charge in [-0.25, -0.2) is 0 Å². The van der Waals surface area contributed by atoms with Crippen LogP contribution in [0.3, 0.4) is 0 Å². The van der Waals surface area contributed by atoms with Crippen LogP contribution in [0.15, 0.2) is 24.3 Å². The van der Waals surface area contributed by atoms with E-state index in [2.05, 4.69) is 17.4 Å². The number of hydrogen-bond donors (Lipinski definition) is 2. The molecular weight excluding hydrogens is 248 g/mol. The van der Waals surface area contributed by atoms with Crippen molar-refractivity contribution in [3.05, 3.63) is 35.4 Å². The SMILES string of the molecule is NC1Cc2ccccc2C1NC(=O)CC1CCCCC1. The quantitative estimate of drug-likeness (QED) is 0.889. The van der Waals surface area contributed by atoms with Crippen LogP contribution in [0.4, 0.5) is 0 Å². The Morgan fingerprint density at radius 1 is 1.20 bits per heavy atom. The minimum atomic E-state index is 0.00212. The smallest absolute Gasteiger partial charge is 0.220 e. The summed E-state index contributed by atoms with van der Waals surface area (Å²) in [7, 11) is 0. The Kier molecular flexibility index (Phi) is 4.06. The molecule has 1 aromatic carbocycles. The molecule has 0 spiro atoms. The zero-order chi connectivity index (χ0) is 13.9. The van der Waals surface area contributed by atoms with E-state index in [0.717, 1.165) is 6.42 Å². The molecule has 3 nitrogen and oxygen atoms in total. The summed E-state index contributed by atoms with van der Waals surface area (Å²) in [6, 6.07) is 8.29. The lowest BCUT2D eigenvalue weighted by molar-refractivity contribution is -0.123. The first-order valence-corrected chi connectivity index (χ1v) is 7.87. The number of nitrogens with two attached hydrogens (primary N) is 1. The highest BCUT2D eigenvalue weighted by molar-refractivity contribution is 5.77. The third-order valence-electron chi connectivity index (χ3n) is 4.79. The van der Waals surface area contributed by atoms with Crippen LogP contribution in [0.1, 0.15) is 55.7 Å². The van der Waals surface area contributed by atoms with Gasteiger partial charge in [0.1, 0.15) is 0 Å². The molecule has 3 rings (SSSR count). The molecule has 1 aromatic rings. The summed E-state index contributed by atoms with van der Waals surface area (Å²) in [6.07, 6.45) is 7.85. The average molecular weight is 272 g/mol. The van der Waals surface area contributed by atoms with Crippen LogP contribution >= 0.6 is 0 Å². The standard InChI is InChI=1S/C17H24N2O/c18-15-11-13-8-4-5-9-14(13)17(15)19-16(20)10-12-6-2-1-3-7-12/h4-5,8-9,12,15,17H,1-3,6-7,10-11,18H2,(H,19,20). The third kappa shape index (κ3) is 2.88. The fraction of sp³-hybridized carbons (Fsp3) is 0.588. The summed E-state index contributed by atoms with van der Waals surface area (Å²) < 4.78 is 0. The summed E-state index contributed by atoms with van der Waals surface area (Å²) in [5.41, 5.74) is 8.68. The highest BCUT2D eigenvalue weighted by atomic mass is 16.1. The molecule has 2 unspecified atom stereocenters. The molecular formula is C17H24N2O. The Bertz CT molecular complexity index is 480. The van der Waals surface area contributed by atoms with Crippen LogP contribution in [-0.4, -0.2) is 11.9 Å². The maximum Gasteiger partial charge on any atom is 0.220 e. The Balaban J connectivity index is 1.61. The number of amides is 1. The van der Waals surface area contributed by atoms with Gasteiger partial charge >= 0.3 is 0 Å². The predicted molar refractivity (Wildman–Crippen MR) is 80.2 cm³/mol. The lowest BCUT2D eigenvalue weighted by Crippen LogP contribution is -2.39. The van der Waals surface area contributed by atoms with E-state index in [4.69, 9.17) is 5.73 Å². The molecule has 2 atom stereocenters. The van der Waals surface area contributed by atoms with Crippen molar-refractivity contribution >= 4 is 5.91 Å². The average Bonchev–Trinajstić information content (AvgIpc) is 2.76. The molecule has 3 N–H and O–H groups in total. The van der Waals surface area contributed by atoms with E-state index >= 15 is 0 Å². The Morgan fingerprint density at radius 2 is 1.95 bits per heavy atom. The van der Waals surface area contributed by atoms with Crippen molar-refractivity contribution in [3.63, 3.8) is 0 Å². The molecule has 108 valence electrons. The summed E-state index contributed by atoms with van der Waals surface area (Å²) in [4.78, 5) is 12.3. The van der Waals surface area contributed by atoms with Crippen molar-refractivity contribution in [2.45, 2.75) is 57.0 Å². The lowest BCUT2D eigenvalue weighted by Gasteiger charge is -2.23. The number of benzene rings is 1. The highest BCUT2D eigenvalue weighted by Crippen LogP contribution is 2.31. The largest absolute Gasteiger partial charge is 0.348 e. The monoisotopic (exact) mass is 272 g/mol. The van der Waals surface area contributed by atoms with Crippen LogP contribution < -0.4 is 11.1 Å². The molecule has 1 saturated carbocycles. The van der Waals surface area contributed by atoms with E-state index in [9.17, 15) is 4.79 Å². The van der Waals surface area contributed by atoms with Gasteiger partial charge in [0.2, 0.25) is 5.91 Å². The first kappa shape index (κ1) is 13.6. The molecule has 0 radical (unpaired) electrons. The highest BCUT2D eigenvalue weighted by Gasteiger charge is 2.31. The van der Waals surface area contributed by atoms with Crippen LogP contribution in [0.2, 0.25) is 0 Å². The topological polar surface area (TPSA) is 55.1 Å². The molecule has 0 saturated heterocycles. The molecule has 0 heterocycles. The van der Waals surface area contributed by atoms with Gasteiger partial charge in [-0.05, 0) is 36.3 Å². The Hall–Kier alpha value is -1.35. The zero-order valence-electron chi connectivity index (χ0n) is 12.0. The first-order chi connectivity index (χ1) is 9.74. The van der Waals surface area contributed by atoms with Gasteiger partial charge in [0.25, 0.3) is 0 Å². The van der Waals surface area contributed by atoms with Crippen molar-refractivity contribution in [1.82, 2.24) is 5.32 Å². The molecule has 0 aromatic heterocycles. The maximum absolute atomic E-state index is 12.3. The van der Waals surface area contributed by atoms with Crippen LogP contribution in [0.25, 0.3) is 0 Å². The number of carbonyl (C=O) groups excluding carboxylic acids is 1. The van der Waals surface area contributed by atoms with E-state index in [1.807, 2.05) is 12.1 Å². The van der Waals surface area contributed by atoms with Gasteiger partial charge in [-0.1, -0.05) is 43.5 Å². The molecule has 1 fully saturated rings. The van der Waals surface area contributed by atoms with Gasteiger partial charge in [0, 0.05) is 12.5 Å². The number of carbonyl (C=O) groups is 1. The van der Waals surface area contributed by atoms with Crippen molar-refractivity contribution in [2.75, 3.05) is 0 Å². The summed E-state index contributed by atoms with van der Waals surface area (Å²) in [5, 5.41) is 3.17. The fourth-order valence-corrected chi connectivity index (χ4v) is 3.70. The molecule has 2 aliphatic rings. The van der Waals surface area contributed by atoms with Gasteiger partial charge in [-0.2, -0.15) is 0 Å². The molecule has 3 heteroatoms. The maximum atomic E-state index is 12.3. The van der Waals surface area contributed by atoms with Gasteiger partial charge in [-0.15, -0.1) is 0 Å². The van der Waals surface area contributed by atoms with E-state index in [1.165, 1.54) is 43.2 Å². The fourth-order valence-electron chi connectivity index (χ4n) is 3.70. The van der Waals surface area contributed by atoms with Crippen molar-refractivity contribution in [2.24, 2.45) is 11.7 Å². The van der Waals surface area contributed by atoms with Crippen LogP contribution in [-0.2, 0) is 11.2 Å². The molecule has 2 aliphatic carbocycles. The third-order valence-corrected chi connectivity index (χ3v) is 4.79. The zero-order valence-corrected chi connectivity index (χ0v) is 12.0. The second-order valence-electron chi connectivity index (χ2n) is 6.32. The Labute approximate surface area is 120 Å². The summed E-state index contributed by atoms with van der Waals surface area (Å²) >= 11 is 0. The van der Waals surface area contributed by atoms with E-state index in [1.54, 1.807) is 0 Å². The van der Waals surface area contributed by atoms with Crippen molar-refractivity contribution < 1.29 is 4.79 Å². The predicted octanol–water partition coefficient (Wildman–Crippen LogP) is 2.70. The van der Waals surface area contributed by atoms with E-state index in [0.29, 0.717) is 12.3 Å². The minimum Gasteiger partial charge on any atom is -0.348 e. The normalized spacial score (nSPS) is 26.2. The van der Waals surface area contributed by atoms with Crippen LogP contribution in [0.5, 0.6) is 0 Å². The van der Waals surface area contributed by atoms with E-state index in [-0.39, 0.29) is 18.0 Å². The number of nitrogens with one attached hydrogen (secondary N) is 1. The van der Waals surface area contributed by atoms with Crippen molar-refractivity contribution in [1.29, 1.82) is 0 Å². The second-order valence-corrected chi connectivity index (χ2v) is 6.32. The lowest BCUT2D eigenvalue weighted by atomic mass is 9.86. The van der Waals surface area contributed by atoms with Crippen LogP contribution in [0, 0.1) is 5.92 Å². The van der Waals surface area contributed by atoms with Gasteiger partial charge in [0.05, 0.1) is 6.04 Å². The summed E-state index contributed by atoms with van der Waals surface area (Å²) in [5.74, 6) is 0.755. The van der Waals surface area contributed by atoms with Crippen molar-refractivity contribution in [3.8, 4) is 0 Å². The molecule has 20 heavy (non-hydrogen) atoms. The molecule has 1 amide bonds. The second kappa shape index (κ2) is 5.96. The molecule has 0 aliphatic heterocycles. The minimum absolute atomic E-state index is 0.00212. The van der Waals surface area contributed by atoms with Gasteiger partial charge in [-0.3, -0.25) is 4.79 Å². The first-order valence-electron chi connectivity index (χ1n) is 7.87. The number of hydrogen-bond acceptors (Lipinski definition) is 2.